The third-order valence-electron chi connectivity index (χ3n) is 3.98. The van der Waals surface area contributed by atoms with E-state index in [2.05, 4.69) is 0 Å². The van der Waals surface area contributed by atoms with Crippen LogP contribution in [0.1, 0.15) is 38.3 Å². The summed E-state index contributed by atoms with van der Waals surface area (Å²) in [4.78, 5) is 0. The molecule has 2 aliphatic rings. The van der Waals surface area contributed by atoms with Crippen molar-refractivity contribution in [1.82, 2.24) is 0 Å². The number of nitrogens with two attached hydrogens (primary N) is 1. The van der Waals surface area contributed by atoms with Crippen LogP contribution in [0, 0.1) is 0 Å². The number of rotatable bonds is 2. The molecule has 0 aliphatic carbocycles. The number of hydrogen-bond donors (Lipinski definition) is 1. The molecule has 1 aromatic carbocycles. The molecule has 2 heterocycles. The second kappa shape index (κ2) is 4.88. The van der Waals surface area contributed by atoms with Gasteiger partial charge in [0.25, 0.3) is 0 Å². The predicted molar refractivity (Wildman–Crippen MR) is 80.4 cm³/mol. The summed E-state index contributed by atoms with van der Waals surface area (Å²) >= 11 is 0. The Morgan fingerprint density at radius 3 is 2.81 bits per heavy atom. The lowest BCUT2D eigenvalue weighted by atomic mass is 9.90. The van der Waals surface area contributed by atoms with Gasteiger partial charge in [0.2, 0.25) is 0 Å². The van der Waals surface area contributed by atoms with E-state index in [1.54, 1.807) is 0 Å². The molecule has 2 N–H and O–H groups in total. The van der Waals surface area contributed by atoms with Crippen molar-refractivity contribution in [2.45, 2.75) is 44.4 Å². The molecule has 2 atom stereocenters. The fourth-order valence-corrected chi connectivity index (χ4v) is 4.60. The van der Waals surface area contributed by atoms with Gasteiger partial charge in [-0.15, -0.1) is 0 Å². The molecule has 0 aromatic heterocycles. The Morgan fingerprint density at radius 2 is 2.14 bits per heavy atom. The van der Waals surface area contributed by atoms with Gasteiger partial charge in [-0.3, -0.25) is 0 Å². The molecule has 0 bridgehead atoms. The van der Waals surface area contributed by atoms with Crippen LogP contribution in [0.2, 0.25) is 0 Å². The minimum atomic E-state index is -2.94. The quantitative estimate of drug-likeness (QED) is 0.901. The van der Waals surface area contributed by atoms with Crippen LogP contribution in [0.3, 0.4) is 0 Å². The van der Waals surface area contributed by atoms with Crippen LogP contribution in [0.4, 0.5) is 0 Å². The molecule has 116 valence electrons. The SMILES string of the molecule is CC1(C)CC(N)c2ccc(OC3CCS(=O)(=O)C3)cc2O1. The summed E-state index contributed by atoms with van der Waals surface area (Å²) in [7, 11) is -2.94. The van der Waals surface area contributed by atoms with Crippen LogP contribution in [0.25, 0.3) is 0 Å². The first-order chi connectivity index (χ1) is 9.74. The normalized spacial score (nSPS) is 29.5. The molecule has 1 saturated heterocycles. The lowest BCUT2D eigenvalue weighted by molar-refractivity contribution is 0.0722. The van der Waals surface area contributed by atoms with E-state index in [-0.39, 0.29) is 29.3 Å². The Bertz CT molecular complexity index is 654. The average molecular weight is 311 g/mol. The van der Waals surface area contributed by atoms with E-state index in [1.807, 2.05) is 32.0 Å². The first-order valence-corrected chi connectivity index (χ1v) is 9.02. The van der Waals surface area contributed by atoms with Crippen LogP contribution >= 0.6 is 0 Å². The van der Waals surface area contributed by atoms with Gasteiger partial charge in [-0.1, -0.05) is 6.07 Å². The van der Waals surface area contributed by atoms with E-state index in [1.165, 1.54) is 0 Å². The van der Waals surface area contributed by atoms with Gasteiger partial charge >= 0.3 is 0 Å². The van der Waals surface area contributed by atoms with Crippen molar-refractivity contribution in [2.75, 3.05) is 11.5 Å². The standard InChI is InChI=1S/C15H21NO4S/c1-15(2)8-13(16)12-4-3-10(7-14(12)20-15)19-11-5-6-21(17,18)9-11/h3-4,7,11,13H,5-6,8-9,16H2,1-2H3. The molecule has 1 aromatic rings. The fourth-order valence-electron chi connectivity index (χ4n) is 3.01. The number of ether oxygens (including phenoxy) is 2. The number of sulfone groups is 1. The lowest BCUT2D eigenvalue weighted by Gasteiger charge is -2.36. The zero-order valence-corrected chi connectivity index (χ0v) is 13.2. The van der Waals surface area contributed by atoms with Gasteiger partial charge in [0, 0.05) is 24.1 Å². The molecular weight excluding hydrogens is 290 g/mol. The minimum Gasteiger partial charge on any atom is -0.489 e. The molecule has 0 amide bonds. The van der Waals surface area contributed by atoms with Gasteiger partial charge in [-0.25, -0.2) is 8.42 Å². The largest absolute Gasteiger partial charge is 0.489 e. The molecule has 2 aliphatic heterocycles. The summed E-state index contributed by atoms with van der Waals surface area (Å²) < 4.78 is 34.7. The van der Waals surface area contributed by atoms with E-state index >= 15 is 0 Å². The smallest absolute Gasteiger partial charge is 0.154 e. The first kappa shape index (κ1) is 14.7. The van der Waals surface area contributed by atoms with Crippen LogP contribution in [0.15, 0.2) is 18.2 Å². The van der Waals surface area contributed by atoms with Crippen molar-refractivity contribution in [3.63, 3.8) is 0 Å². The van der Waals surface area contributed by atoms with Gasteiger partial charge in [0.15, 0.2) is 9.84 Å². The molecule has 6 heteroatoms. The molecule has 0 radical (unpaired) electrons. The van der Waals surface area contributed by atoms with Crippen molar-refractivity contribution in [3.05, 3.63) is 23.8 Å². The number of hydrogen-bond acceptors (Lipinski definition) is 5. The molecule has 0 spiro atoms. The maximum Gasteiger partial charge on any atom is 0.154 e. The van der Waals surface area contributed by atoms with Gasteiger partial charge in [-0.2, -0.15) is 0 Å². The Balaban J connectivity index is 1.80. The van der Waals surface area contributed by atoms with Crippen molar-refractivity contribution in [1.29, 1.82) is 0 Å². The third-order valence-corrected chi connectivity index (χ3v) is 5.71. The molecular formula is C15H21NO4S. The predicted octanol–water partition coefficient (Wildman–Crippen LogP) is 1.81. The monoisotopic (exact) mass is 311 g/mol. The van der Waals surface area contributed by atoms with Gasteiger partial charge in [0.05, 0.1) is 11.5 Å². The molecule has 2 unspecified atom stereocenters. The van der Waals surface area contributed by atoms with Gasteiger partial charge < -0.3 is 15.2 Å². The summed E-state index contributed by atoms with van der Waals surface area (Å²) in [5.74, 6) is 1.67. The third kappa shape index (κ3) is 3.16. The van der Waals surface area contributed by atoms with Crippen LogP contribution < -0.4 is 15.2 Å². The molecule has 3 rings (SSSR count). The Morgan fingerprint density at radius 1 is 1.38 bits per heavy atom. The number of fused-ring (bicyclic) bond motifs is 1. The Labute approximate surface area is 125 Å². The topological polar surface area (TPSA) is 78.6 Å². The van der Waals surface area contributed by atoms with E-state index in [0.29, 0.717) is 12.2 Å². The number of benzene rings is 1. The minimum absolute atomic E-state index is 0.0512. The molecule has 5 nitrogen and oxygen atoms in total. The van der Waals surface area contributed by atoms with Crippen LogP contribution in [-0.2, 0) is 9.84 Å². The highest BCUT2D eigenvalue weighted by Gasteiger charge is 2.33. The Hall–Kier alpha value is -1.27. The highest BCUT2D eigenvalue weighted by atomic mass is 32.2. The maximum atomic E-state index is 11.5. The van der Waals surface area contributed by atoms with Crippen LogP contribution in [-0.4, -0.2) is 31.6 Å². The summed E-state index contributed by atoms with van der Waals surface area (Å²) in [6.45, 7) is 4.01. The summed E-state index contributed by atoms with van der Waals surface area (Å²) in [6, 6.07) is 5.52. The highest BCUT2D eigenvalue weighted by Crippen LogP contribution is 2.40. The second-order valence-corrected chi connectivity index (χ2v) is 8.74. The average Bonchev–Trinajstić information content (AvgIpc) is 2.66. The summed E-state index contributed by atoms with van der Waals surface area (Å²) in [5, 5.41) is 0. The van der Waals surface area contributed by atoms with E-state index in [9.17, 15) is 8.42 Å². The molecule has 0 saturated carbocycles. The Kier molecular flexibility index (Phi) is 3.41. The van der Waals surface area contributed by atoms with Crippen molar-refractivity contribution < 1.29 is 17.9 Å². The lowest BCUT2D eigenvalue weighted by Crippen LogP contribution is -2.37. The van der Waals surface area contributed by atoms with Crippen LogP contribution in [0.5, 0.6) is 11.5 Å². The van der Waals surface area contributed by atoms with Gasteiger partial charge in [-0.05, 0) is 26.3 Å². The molecule has 21 heavy (non-hydrogen) atoms. The fraction of sp³-hybridized carbons (Fsp3) is 0.600. The maximum absolute atomic E-state index is 11.5. The summed E-state index contributed by atoms with van der Waals surface area (Å²) in [6.07, 6.45) is 1.05. The van der Waals surface area contributed by atoms with Crippen molar-refractivity contribution in [3.8, 4) is 11.5 Å². The van der Waals surface area contributed by atoms with E-state index in [0.717, 1.165) is 17.7 Å². The highest BCUT2D eigenvalue weighted by molar-refractivity contribution is 7.91. The van der Waals surface area contributed by atoms with E-state index < -0.39 is 9.84 Å². The second-order valence-electron chi connectivity index (χ2n) is 6.51. The summed E-state index contributed by atoms with van der Waals surface area (Å²) in [5.41, 5.74) is 6.84. The zero-order chi connectivity index (χ0) is 15.3. The van der Waals surface area contributed by atoms with Crippen molar-refractivity contribution >= 4 is 9.84 Å². The first-order valence-electron chi connectivity index (χ1n) is 7.20. The zero-order valence-electron chi connectivity index (χ0n) is 12.3. The molecule has 1 fully saturated rings. The van der Waals surface area contributed by atoms with Gasteiger partial charge in [0.1, 0.15) is 23.2 Å². The van der Waals surface area contributed by atoms with E-state index in [4.69, 9.17) is 15.2 Å². The van der Waals surface area contributed by atoms with Crippen molar-refractivity contribution in [2.24, 2.45) is 5.73 Å².